The molecular formula is C25H31N3O6S. The van der Waals surface area contributed by atoms with Crippen molar-refractivity contribution < 1.29 is 28.5 Å². The van der Waals surface area contributed by atoms with Crippen molar-refractivity contribution in [3.63, 3.8) is 0 Å². The molecule has 2 aromatic carbocycles. The van der Waals surface area contributed by atoms with Gasteiger partial charge in [0.25, 0.3) is 10.0 Å². The van der Waals surface area contributed by atoms with Crippen LogP contribution in [0.2, 0.25) is 0 Å². The average Bonchev–Trinajstić information content (AvgIpc) is 2.87. The Morgan fingerprint density at radius 1 is 1.09 bits per heavy atom. The van der Waals surface area contributed by atoms with E-state index in [1.807, 2.05) is 18.2 Å². The van der Waals surface area contributed by atoms with Crippen LogP contribution in [0.25, 0.3) is 16.8 Å². The van der Waals surface area contributed by atoms with Gasteiger partial charge in [-0.15, -0.1) is 0 Å². The molecule has 35 heavy (non-hydrogen) atoms. The van der Waals surface area contributed by atoms with E-state index in [-0.39, 0.29) is 6.54 Å². The third kappa shape index (κ3) is 5.67. The first-order valence-corrected chi connectivity index (χ1v) is 13.3. The standard InChI is InChI=1S/C25H31N3O6S/c1-16-23(29)25(31)24(30)22(34-16)15-27-35(32,33)21(14-26)12-17-5-6-19-13-20(8-7-18(19)11-17)28-9-3-2-4-10-28/h5-8,11-13,16,22-25,27,29-31H,2-4,9-10,15H2,1H3/b21-12+/t16?,22-,23+,24-,25-/m1/s1. The minimum Gasteiger partial charge on any atom is -0.388 e. The molecule has 1 unspecified atom stereocenters. The Kier molecular flexibility index (Phi) is 7.76. The van der Waals surface area contributed by atoms with Crippen molar-refractivity contribution in [2.24, 2.45) is 0 Å². The molecule has 2 fully saturated rings. The fourth-order valence-electron chi connectivity index (χ4n) is 4.59. The molecule has 10 heteroatoms. The third-order valence-corrected chi connectivity index (χ3v) is 8.03. The zero-order valence-electron chi connectivity index (χ0n) is 19.5. The number of hydrogen-bond acceptors (Lipinski definition) is 8. The summed E-state index contributed by atoms with van der Waals surface area (Å²) < 4.78 is 33.2. The minimum absolute atomic E-state index is 0.367. The summed E-state index contributed by atoms with van der Waals surface area (Å²) in [7, 11) is -4.21. The molecule has 4 rings (SSSR count). The summed E-state index contributed by atoms with van der Waals surface area (Å²) in [4.78, 5) is 1.89. The van der Waals surface area contributed by atoms with E-state index in [0.717, 1.165) is 23.9 Å². The topological polar surface area (TPSA) is 143 Å². The molecule has 0 aliphatic carbocycles. The fourth-order valence-corrected chi connectivity index (χ4v) is 5.54. The predicted octanol–water partition coefficient (Wildman–Crippen LogP) is 1.48. The van der Waals surface area contributed by atoms with E-state index in [1.54, 1.807) is 12.1 Å². The second-order valence-electron chi connectivity index (χ2n) is 9.16. The molecule has 4 N–H and O–H groups in total. The van der Waals surface area contributed by atoms with E-state index in [4.69, 9.17) is 4.74 Å². The van der Waals surface area contributed by atoms with Crippen LogP contribution in [0.3, 0.4) is 0 Å². The van der Waals surface area contributed by atoms with Gasteiger partial charge in [-0.05, 0) is 66.8 Å². The van der Waals surface area contributed by atoms with Crippen LogP contribution in [0, 0.1) is 11.3 Å². The third-order valence-electron chi connectivity index (χ3n) is 6.69. The maximum atomic E-state index is 12.8. The number of ether oxygens (including phenoxy) is 1. The predicted molar refractivity (Wildman–Crippen MR) is 133 cm³/mol. The van der Waals surface area contributed by atoms with Gasteiger partial charge in [-0.2, -0.15) is 5.26 Å². The Morgan fingerprint density at radius 3 is 2.49 bits per heavy atom. The Hall–Kier alpha value is -2.52. The van der Waals surface area contributed by atoms with Crippen LogP contribution in [0.1, 0.15) is 31.7 Å². The SMILES string of the molecule is CC1O[C@H](CNS(=O)(=O)/C(C#N)=C/c2ccc3cc(N4CCCCC4)ccc3c2)[C@@H](O)[C@H](O)[C@H]1O. The molecule has 2 aliphatic heterocycles. The van der Waals surface area contributed by atoms with E-state index in [9.17, 15) is 29.0 Å². The summed E-state index contributed by atoms with van der Waals surface area (Å²) in [5, 5.41) is 41.3. The van der Waals surface area contributed by atoms with Gasteiger partial charge in [0.2, 0.25) is 0 Å². The van der Waals surface area contributed by atoms with Gasteiger partial charge in [-0.25, -0.2) is 13.1 Å². The van der Waals surface area contributed by atoms with Gasteiger partial charge >= 0.3 is 0 Å². The number of allylic oxidation sites excluding steroid dienone is 1. The number of anilines is 1. The maximum absolute atomic E-state index is 12.8. The van der Waals surface area contributed by atoms with Crippen molar-refractivity contribution >= 4 is 32.6 Å². The fraction of sp³-hybridized carbons (Fsp3) is 0.480. The van der Waals surface area contributed by atoms with Gasteiger partial charge in [-0.3, -0.25) is 0 Å². The quantitative estimate of drug-likeness (QED) is 0.436. The second-order valence-corrected chi connectivity index (χ2v) is 10.9. The van der Waals surface area contributed by atoms with Crippen LogP contribution < -0.4 is 9.62 Å². The number of nitrogens with one attached hydrogen (secondary N) is 1. The van der Waals surface area contributed by atoms with Gasteiger partial charge in [0.15, 0.2) is 4.91 Å². The highest BCUT2D eigenvalue weighted by atomic mass is 32.2. The first kappa shape index (κ1) is 25.6. The Morgan fingerprint density at radius 2 is 1.77 bits per heavy atom. The van der Waals surface area contributed by atoms with Gasteiger partial charge in [0.1, 0.15) is 30.5 Å². The maximum Gasteiger partial charge on any atom is 0.250 e. The van der Waals surface area contributed by atoms with Crippen molar-refractivity contribution in [3.8, 4) is 6.07 Å². The first-order valence-electron chi connectivity index (χ1n) is 11.8. The molecule has 2 saturated heterocycles. The molecule has 2 aromatic rings. The molecule has 9 nitrogen and oxygen atoms in total. The number of sulfonamides is 1. The lowest BCUT2D eigenvalue weighted by Crippen LogP contribution is -2.59. The highest BCUT2D eigenvalue weighted by Gasteiger charge is 2.42. The lowest BCUT2D eigenvalue weighted by Gasteiger charge is -2.39. The molecular weight excluding hydrogens is 470 g/mol. The van der Waals surface area contributed by atoms with Crippen molar-refractivity contribution in [2.45, 2.75) is 56.7 Å². The van der Waals surface area contributed by atoms with Crippen molar-refractivity contribution in [3.05, 3.63) is 46.9 Å². The monoisotopic (exact) mass is 501 g/mol. The summed E-state index contributed by atoms with van der Waals surface area (Å²) in [6.07, 6.45) is -1.16. The molecule has 0 aromatic heterocycles. The van der Waals surface area contributed by atoms with E-state index < -0.39 is 45.4 Å². The number of aliphatic hydroxyl groups excluding tert-OH is 3. The number of nitrogens with zero attached hydrogens (tertiary/aromatic N) is 2. The molecule has 2 heterocycles. The number of fused-ring (bicyclic) bond motifs is 1. The number of nitriles is 1. The zero-order valence-corrected chi connectivity index (χ0v) is 20.4. The number of aliphatic hydroxyl groups is 3. The smallest absolute Gasteiger partial charge is 0.250 e. The summed E-state index contributed by atoms with van der Waals surface area (Å²) in [5.41, 5.74) is 1.73. The first-order chi connectivity index (χ1) is 16.7. The Balaban J connectivity index is 1.49. The Labute approximate surface area is 205 Å². The highest BCUT2D eigenvalue weighted by Crippen LogP contribution is 2.27. The number of hydrogen-bond donors (Lipinski definition) is 4. The lowest BCUT2D eigenvalue weighted by atomic mass is 9.96. The van der Waals surface area contributed by atoms with E-state index in [0.29, 0.717) is 5.56 Å². The van der Waals surface area contributed by atoms with Crippen molar-refractivity contribution in [2.75, 3.05) is 24.5 Å². The van der Waals surface area contributed by atoms with Crippen molar-refractivity contribution in [1.82, 2.24) is 4.72 Å². The zero-order chi connectivity index (χ0) is 25.2. The van der Waals surface area contributed by atoms with Gasteiger partial charge in [0.05, 0.1) is 6.10 Å². The van der Waals surface area contributed by atoms with Gasteiger partial charge < -0.3 is 25.0 Å². The largest absolute Gasteiger partial charge is 0.388 e. The van der Waals surface area contributed by atoms with Crippen LogP contribution >= 0.6 is 0 Å². The molecule has 0 bridgehead atoms. The normalized spacial score (nSPS) is 28.1. The molecule has 0 amide bonds. The molecule has 0 saturated carbocycles. The Bertz CT molecular complexity index is 1240. The summed E-state index contributed by atoms with van der Waals surface area (Å²) >= 11 is 0. The van der Waals surface area contributed by atoms with Crippen LogP contribution in [-0.4, -0.2) is 73.9 Å². The van der Waals surface area contributed by atoms with E-state index in [1.165, 1.54) is 37.9 Å². The average molecular weight is 502 g/mol. The van der Waals surface area contributed by atoms with Gasteiger partial charge in [0, 0.05) is 25.3 Å². The van der Waals surface area contributed by atoms with Crippen LogP contribution in [-0.2, 0) is 14.8 Å². The highest BCUT2D eigenvalue weighted by molar-refractivity contribution is 7.93. The number of benzene rings is 2. The van der Waals surface area contributed by atoms with Crippen LogP contribution in [0.4, 0.5) is 5.69 Å². The van der Waals surface area contributed by atoms with E-state index in [2.05, 4.69) is 21.8 Å². The van der Waals surface area contributed by atoms with Crippen LogP contribution in [0.15, 0.2) is 41.3 Å². The summed E-state index contributed by atoms with van der Waals surface area (Å²) in [5.74, 6) is 0. The van der Waals surface area contributed by atoms with Gasteiger partial charge in [-0.1, -0.05) is 18.2 Å². The molecule has 0 radical (unpaired) electrons. The second kappa shape index (κ2) is 10.6. The minimum atomic E-state index is -4.21. The lowest BCUT2D eigenvalue weighted by molar-refractivity contribution is -0.214. The number of rotatable bonds is 6. The molecule has 2 aliphatic rings. The van der Waals surface area contributed by atoms with Crippen LogP contribution in [0.5, 0.6) is 0 Å². The molecule has 0 spiro atoms. The molecule has 5 atom stereocenters. The summed E-state index contributed by atoms with van der Waals surface area (Å²) in [6.45, 7) is 3.24. The summed E-state index contributed by atoms with van der Waals surface area (Å²) in [6, 6.07) is 13.4. The van der Waals surface area contributed by atoms with E-state index >= 15 is 0 Å². The number of piperidine rings is 1. The molecule has 188 valence electrons. The van der Waals surface area contributed by atoms with Crippen molar-refractivity contribution in [1.29, 1.82) is 5.26 Å².